The molecule has 0 amide bonds. The monoisotopic (exact) mass is 313 g/mol. The van der Waals surface area contributed by atoms with E-state index in [-0.39, 0.29) is 12.0 Å². The second kappa shape index (κ2) is 7.00. The number of hydrogen-bond donors (Lipinski definition) is 2. The second-order valence-electron chi connectivity index (χ2n) is 6.92. The van der Waals surface area contributed by atoms with Crippen molar-refractivity contribution in [2.75, 3.05) is 19.7 Å². The highest BCUT2D eigenvalue weighted by Crippen LogP contribution is 2.35. The summed E-state index contributed by atoms with van der Waals surface area (Å²) < 4.78 is 0. The molecule has 1 saturated heterocycles. The van der Waals surface area contributed by atoms with Gasteiger partial charge >= 0.3 is 0 Å². The third-order valence-corrected chi connectivity index (χ3v) is 5.30. The fraction of sp³-hybridized carbons (Fsp3) is 0.500. The molecule has 0 bridgehead atoms. The maximum Gasteiger partial charge on any atom is 0.0642 e. The van der Waals surface area contributed by atoms with Crippen LogP contribution in [0.4, 0.5) is 0 Å². The standard InChI is InChI=1S/C20H27NO2/c1-2-11-20(15-22)14-21(12-10-19(20)23)13-17-8-5-7-16-6-3-4-9-18(16)17/h3-9,19,22-23H,2,10-15H2,1H3/t19-,20-/m0/s1. The van der Waals surface area contributed by atoms with Crippen LogP contribution in [0.15, 0.2) is 42.5 Å². The summed E-state index contributed by atoms with van der Waals surface area (Å²) in [6.07, 6.45) is 2.21. The molecule has 2 aromatic carbocycles. The van der Waals surface area contributed by atoms with Gasteiger partial charge in [0.15, 0.2) is 0 Å². The zero-order valence-corrected chi connectivity index (χ0v) is 13.9. The number of aliphatic hydroxyl groups excluding tert-OH is 2. The van der Waals surface area contributed by atoms with Crippen molar-refractivity contribution in [3.05, 3.63) is 48.0 Å². The number of nitrogens with zero attached hydrogens (tertiary/aromatic N) is 1. The van der Waals surface area contributed by atoms with Crippen LogP contribution in [0, 0.1) is 5.41 Å². The molecule has 23 heavy (non-hydrogen) atoms. The van der Waals surface area contributed by atoms with Crippen molar-refractivity contribution >= 4 is 10.8 Å². The molecule has 3 rings (SSSR count). The van der Waals surface area contributed by atoms with Gasteiger partial charge in [-0.25, -0.2) is 0 Å². The summed E-state index contributed by atoms with van der Waals surface area (Å²) in [5.74, 6) is 0. The molecule has 0 radical (unpaired) electrons. The zero-order valence-electron chi connectivity index (χ0n) is 13.9. The van der Waals surface area contributed by atoms with Crippen molar-refractivity contribution < 1.29 is 10.2 Å². The van der Waals surface area contributed by atoms with Crippen LogP contribution in [-0.4, -0.2) is 40.9 Å². The molecule has 0 unspecified atom stereocenters. The first-order chi connectivity index (χ1) is 11.2. The van der Waals surface area contributed by atoms with Gasteiger partial charge in [-0.15, -0.1) is 0 Å². The fourth-order valence-electron chi connectivity index (χ4n) is 4.03. The molecule has 1 aliphatic rings. The maximum atomic E-state index is 10.4. The quantitative estimate of drug-likeness (QED) is 0.891. The molecule has 1 fully saturated rings. The van der Waals surface area contributed by atoms with Gasteiger partial charge in [-0.1, -0.05) is 55.8 Å². The Morgan fingerprint density at radius 2 is 1.96 bits per heavy atom. The van der Waals surface area contributed by atoms with E-state index in [1.807, 2.05) is 0 Å². The number of piperidine rings is 1. The molecule has 1 aliphatic heterocycles. The fourth-order valence-corrected chi connectivity index (χ4v) is 4.03. The van der Waals surface area contributed by atoms with Gasteiger partial charge in [-0.05, 0) is 29.2 Å². The van der Waals surface area contributed by atoms with Gasteiger partial charge in [0.2, 0.25) is 0 Å². The van der Waals surface area contributed by atoms with Crippen LogP contribution in [0.5, 0.6) is 0 Å². The van der Waals surface area contributed by atoms with E-state index >= 15 is 0 Å². The third-order valence-electron chi connectivity index (χ3n) is 5.30. The van der Waals surface area contributed by atoms with Crippen molar-refractivity contribution in [1.82, 2.24) is 4.90 Å². The molecule has 0 saturated carbocycles. The minimum absolute atomic E-state index is 0.0635. The molecule has 0 aliphatic carbocycles. The largest absolute Gasteiger partial charge is 0.396 e. The highest BCUT2D eigenvalue weighted by atomic mass is 16.3. The molecule has 1 heterocycles. The van der Waals surface area contributed by atoms with Gasteiger partial charge in [0.25, 0.3) is 0 Å². The van der Waals surface area contributed by atoms with Gasteiger partial charge in [0.05, 0.1) is 12.7 Å². The third kappa shape index (κ3) is 3.27. The Balaban J connectivity index is 1.82. The SMILES string of the molecule is CCC[C@@]1(CO)CN(Cc2cccc3ccccc23)CC[C@@H]1O. The number of aliphatic hydroxyl groups is 2. The number of hydrogen-bond acceptors (Lipinski definition) is 3. The van der Waals surface area contributed by atoms with E-state index in [1.54, 1.807) is 0 Å². The Morgan fingerprint density at radius 1 is 1.17 bits per heavy atom. The number of benzene rings is 2. The molecule has 124 valence electrons. The molecule has 0 spiro atoms. The minimum Gasteiger partial charge on any atom is -0.396 e. The van der Waals surface area contributed by atoms with E-state index in [9.17, 15) is 10.2 Å². The minimum atomic E-state index is -0.392. The Kier molecular flexibility index (Phi) is 5.00. The number of fused-ring (bicyclic) bond motifs is 1. The zero-order chi connectivity index (χ0) is 16.3. The first-order valence-electron chi connectivity index (χ1n) is 8.66. The lowest BCUT2D eigenvalue weighted by molar-refractivity contribution is -0.0818. The summed E-state index contributed by atoms with van der Waals surface area (Å²) in [5, 5.41) is 22.9. The van der Waals surface area contributed by atoms with Crippen molar-refractivity contribution in [2.24, 2.45) is 5.41 Å². The normalized spacial score (nSPS) is 25.8. The summed E-state index contributed by atoms with van der Waals surface area (Å²) in [5.41, 5.74) is 0.959. The summed E-state index contributed by atoms with van der Waals surface area (Å²) >= 11 is 0. The summed E-state index contributed by atoms with van der Waals surface area (Å²) in [6, 6.07) is 14.9. The molecular weight excluding hydrogens is 286 g/mol. The average molecular weight is 313 g/mol. The van der Waals surface area contributed by atoms with E-state index in [1.165, 1.54) is 16.3 Å². The van der Waals surface area contributed by atoms with Crippen LogP contribution in [0.25, 0.3) is 10.8 Å². The van der Waals surface area contributed by atoms with E-state index in [2.05, 4.69) is 54.3 Å². The predicted octanol–water partition coefficient (Wildman–Crippen LogP) is 3.19. The van der Waals surface area contributed by atoms with E-state index in [4.69, 9.17) is 0 Å². The molecular formula is C20H27NO2. The summed E-state index contributed by atoms with van der Waals surface area (Å²) in [6.45, 7) is 4.71. The molecule has 2 aromatic rings. The smallest absolute Gasteiger partial charge is 0.0642 e. The highest BCUT2D eigenvalue weighted by molar-refractivity contribution is 5.85. The van der Waals surface area contributed by atoms with Crippen LogP contribution in [0.3, 0.4) is 0 Å². The summed E-state index contributed by atoms with van der Waals surface area (Å²) in [7, 11) is 0. The predicted molar refractivity (Wildman–Crippen MR) is 94.3 cm³/mol. The van der Waals surface area contributed by atoms with E-state index < -0.39 is 6.10 Å². The van der Waals surface area contributed by atoms with Crippen molar-refractivity contribution in [3.63, 3.8) is 0 Å². The van der Waals surface area contributed by atoms with Crippen LogP contribution in [-0.2, 0) is 6.54 Å². The van der Waals surface area contributed by atoms with E-state index in [0.717, 1.165) is 38.9 Å². The molecule has 0 aromatic heterocycles. The average Bonchev–Trinajstić information content (AvgIpc) is 2.58. The first kappa shape index (κ1) is 16.4. The van der Waals surface area contributed by atoms with Gasteiger partial charge < -0.3 is 10.2 Å². The van der Waals surface area contributed by atoms with E-state index in [0.29, 0.717) is 0 Å². The van der Waals surface area contributed by atoms with Crippen molar-refractivity contribution in [2.45, 2.75) is 38.8 Å². The summed E-state index contributed by atoms with van der Waals surface area (Å²) in [4.78, 5) is 2.39. The number of likely N-dealkylation sites (tertiary alicyclic amines) is 1. The maximum absolute atomic E-state index is 10.4. The van der Waals surface area contributed by atoms with Crippen LogP contribution in [0.1, 0.15) is 31.7 Å². The second-order valence-corrected chi connectivity index (χ2v) is 6.92. The highest BCUT2D eigenvalue weighted by Gasteiger charge is 2.41. The Bertz CT molecular complexity index is 652. The van der Waals surface area contributed by atoms with Gasteiger partial charge in [-0.3, -0.25) is 4.90 Å². The Labute approximate surface area is 138 Å². The Hall–Kier alpha value is -1.42. The molecule has 2 N–H and O–H groups in total. The van der Waals surface area contributed by atoms with Crippen LogP contribution in [0.2, 0.25) is 0 Å². The molecule has 3 nitrogen and oxygen atoms in total. The lowest BCUT2D eigenvalue weighted by Gasteiger charge is -2.45. The van der Waals surface area contributed by atoms with Gasteiger partial charge in [0.1, 0.15) is 0 Å². The van der Waals surface area contributed by atoms with Crippen LogP contribution < -0.4 is 0 Å². The lowest BCUT2D eigenvalue weighted by atomic mass is 9.74. The van der Waals surface area contributed by atoms with Crippen molar-refractivity contribution in [1.29, 1.82) is 0 Å². The van der Waals surface area contributed by atoms with Crippen LogP contribution >= 0.6 is 0 Å². The van der Waals surface area contributed by atoms with Gasteiger partial charge in [-0.2, -0.15) is 0 Å². The van der Waals surface area contributed by atoms with Gasteiger partial charge in [0, 0.05) is 25.0 Å². The topological polar surface area (TPSA) is 43.7 Å². The number of rotatable bonds is 5. The molecule has 2 atom stereocenters. The molecule has 3 heteroatoms. The first-order valence-corrected chi connectivity index (χ1v) is 8.66. The lowest BCUT2D eigenvalue weighted by Crippen LogP contribution is -2.53. The van der Waals surface area contributed by atoms with Crippen molar-refractivity contribution in [3.8, 4) is 0 Å². The Morgan fingerprint density at radius 3 is 2.74 bits per heavy atom.